The number of fused-ring (bicyclic) bond motifs is 1. The molecule has 2 rings (SSSR count). The Labute approximate surface area is 103 Å². The largest absolute Gasteiger partial charge is 0.497 e. The highest BCUT2D eigenvalue weighted by Gasteiger charge is 2.39. The number of halogens is 4. The second-order valence-corrected chi connectivity index (χ2v) is 4.53. The molecule has 1 aliphatic heterocycles. The summed E-state index contributed by atoms with van der Waals surface area (Å²) >= 11 is 3.09. The summed E-state index contributed by atoms with van der Waals surface area (Å²) in [6.45, 7) is -5.17. The molecule has 0 bridgehead atoms. The summed E-state index contributed by atoms with van der Waals surface area (Å²) in [5.74, 6) is -2.03. The topological polar surface area (TPSA) is 37.4 Å². The lowest BCUT2D eigenvalue weighted by Crippen LogP contribution is -2.41. The number of anilines is 1. The van der Waals surface area contributed by atoms with E-state index >= 15 is 0 Å². The van der Waals surface area contributed by atoms with Crippen molar-refractivity contribution in [3.05, 3.63) is 28.2 Å². The molecular formula is C9H5BBrF3NO2-. The zero-order chi connectivity index (χ0) is 12.8. The van der Waals surface area contributed by atoms with Gasteiger partial charge in [0.15, 0.2) is 0 Å². The van der Waals surface area contributed by atoms with Gasteiger partial charge in [-0.2, -0.15) is 0 Å². The van der Waals surface area contributed by atoms with Crippen molar-refractivity contribution in [3.8, 4) is 0 Å². The summed E-state index contributed by atoms with van der Waals surface area (Å²) in [5, 5.41) is 0. The van der Waals surface area contributed by atoms with E-state index in [4.69, 9.17) is 0 Å². The predicted octanol–water partition coefficient (Wildman–Crippen LogP) is 2.37. The van der Waals surface area contributed by atoms with E-state index in [-0.39, 0.29) is 11.3 Å². The molecule has 90 valence electrons. The third-order valence-corrected chi connectivity index (χ3v) is 2.82. The summed E-state index contributed by atoms with van der Waals surface area (Å²) < 4.78 is 37.5. The van der Waals surface area contributed by atoms with Crippen LogP contribution in [-0.4, -0.2) is 25.1 Å². The van der Waals surface area contributed by atoms with Gasteiger partial charge in [-0.25, -0.2) is 0 Å². The Morgan fingerprint density at radius 2 is 1.88 bits per heavy atom. The fraction of sp³-hybridized carbons (Fsp3) is 0.111. The number of nitrogens with zero attached hydrogens (tertiary/aromatic N) is 1. The molecule has 0 aromatic heterocycles. The van der Waals surface area contributed by atoms with E-state index in [0.29, 0.717) is 9.37 Å². The fourth-order valence-electron chi connectivity index (χ4n) is 1.66. The number of carbonyl (C=O) groups is 2. The molecule has 3 nitrogen and oxygen atoms in total. The summed E-state index contributed by atoms with van der Waals surface area (Å²) in [4.78, 5) is 23.4. The molecule has 0 spiro atoms. The second-order valence-electron chi connectivity index (χ2n) is 3.62. The Bertz CT molecular complexity index is 517. The van der Waals surface area contributed by atoms with Crippen molar-refractivity contribution in [2.75, 3.05) is 11.3 Å². The van der Waals surface area contributed by atoms with Gasteiger partial charge in [-0.15, -0.1) is 0 Å². The van der Waals surface area contributed by atoms with Crippen LogP contribution in [0.15, 0.2) is 22.7 Å². The Kier molecular flexibility index (Phi) is 2.77. The molecule has 1 heterocycles. The molecule has 0 aliphatic carbocycles. The first-order valence-electron chi connectivity index (χ1n) is 4.66. The smallest absolute Gasteiger partial charge is 0.448 e. The van der Waals surface area contributed by atoms with Crippen molar-refractivity contribution >= 4 is 40.3 Å². The van der Waals surface area contributed by atoms with Crippen LogP contribution >= 0.6 is 15.9 Å². The van der Waals surface area contributed by atoms with Crippen LogP contribution in [0.5, 0.6) is 0 Å². The second kappa shape index (κ2) is 3.87. The maximum atomic E-state index is 12.3. The van der Waals surface area contributed by atoms with Crippen molar-refractivity contribution in [1.82, 2.24) is 0 Å². The number of amides is 1. The first-order valence-corrected chi connectivity index (χ1v) is 5.45. The lowest BCUT2D eigenvalue weighted by atomic mass is 9.91. The monoisotopic (exact) mass is 306 g/mol. The van der Waals surface area contributed by atoms with Gasteiger partial charge in [0, 0.05) is 4.47 Å². The van der Waals surface area contributed by atoms with Gasteiger partial charge in [-0.1, -0.05) is 15.9 Å². The van der Waals surface area contributed by atoms with Crippen LogP contribution in [0.4, 0.5) is 18.6 Å². The summed E-state index contributed by atoms with van der Waals surface area (Å²) in [6.07, 6.45) is -1.39. The Balaban J connectivity index is 2.45. The molecule has 8 heteroatoms. The molecule has 1 aromatic carbocycles. The van der Waals surface area contributed by atoms with Crippen LogP contribution in [0, 0.1) is 0 Å². The molecular weight excluding hydrogens is 302 g/mol. The summed E-state index contributed by atoms with van der Waals surface area (Å²) in [5.41, 5.74) is 0.0202. The van der Waals surface area contributed by atoms with E-state index in [1.54, 1.807) is 0 Å². The highest BCUT2D eigenvalue weighted by atomic mass is 79.9. The third kappa shape index (κ3) is 2.22. The lowest BCUT2D eigenvalue weighted by Gasteiger charge is -2.23. The fourth-order valence-corrected chi connectivity index (χ4v) is 2.02. The SMILES string of the molecule is O=C1C(=O)N(C[B-](F)(F)F)c2ccc(Br)cc21. The lowest BCUT2D eigenvalue weighted by molar-refractivity contribution is -0.114. The average molecular weight is 307 g/mol. The van der Waals surface area contributed by atoms with Gasteiger partial charge < -0.3 is 17.8 Å². The van der Waals surface area contributed by atoms with Crippen molar-refractivity contribution in [3.63, 3.8) is 0 Å². The van der Waals surface area contributed by atoms with E-state index < -0.39 is 25.1 Å². The number of ketones is 1. The van der Waals surface area contributed by atoms with E-state index in [1.807, 2.05) is 0 Å². The number of Topliss-reactive ketones (excluding diaryl/α,β-unsaturated/α-hetero) is 1. The maximum Gasteiger partial charge on any atom is 0.497 e. The van der Waals surface area contributed by atoms with Crippen molar-refractivity contribution in [1.29, 1.82) is 0 Å². The van der Waals surface area contributed by atoms with E-state index in [1.165, 1.54) is 18.2 Å². The minimum atomic E-state index is -5.17. The van der Waals surface area contributed by atoms with Crippen molar-refractivity contribution < 1.29 is 22.5 Å². The van der Waals surface area contributed by atoms with Gasteiger partial charge in [-0.3, -0.25) is 9.59 Å². The number of hydrogen-bond acceptors (Lipinski definition) is 2. The number of hydrogen-bond donors (Lipinski definition) is 0. The van der Waals surface area contributed by atoms with Gasteiger partial charge in [0.2, 0.25) is 0 Å². The van der Waals surface area contributed by atoms with Gasteiger partial charge >= 0.3 is 6.98 Å². The zero-order valence-corrected chi connectivity index (χ0v) is 9.88. The van der Waals surface area contributed by atoms with Crippen molar-refractivity contribution in [2.45, 2.75) is 0 Å². The molecule has 1 aromatic rings. The molecule has 0 fully saturated rings. The first-order chi connectivity index (χ1) is 7.79. The highest BCUT2D eigenvalue weighted by molar-refractivity contribution is 9.10. The van der Waals surface area contributed by atoms with Crippen LogP contribution in [0.3, 0.4) is 0 Å². The van der Waals surface area contributed by atoms with Crippen LogP contribution in [0.2, 0.25) is 0 Å². The summed E-state index contributed by atoms with van der Waals surface area (Å²) in [7, 11) is 0. The summed E-state index contributed by atoms with van der Waals surface area (Å²) in [6, 6.07) is 4.16. The molecule has 1 amide bonds. The van der Waals surface area contributed by atoms with E-state index in [0.717, 1.165) is 0 Å². The highest BCUT2D eigenvalue weighted by Crippen LogP contribution is 2.32. The van der Waals surface area contributed by atoms with Crippen molar-refractivity contribution in [2.24, 2.45) is 0 Å². The quantitative estimate of drug-likeness (QED) is 0.621. The molecule has 0 atom stereocenters. The third-order valence-electron chi connectivity index (χ3n) is 2.32. The average Bonchev–Trinajstić information content (AvgIpc) is 2.42. The van der Waals surface area contributed by atoms with Gasteiger partial charge in [-0.05, 0) is 24.6 Å². The predicted molar refractivity (Wildman–Crippen MR) is 59.9 cm³/mol. The first kappa shape index (κ1) is 12.2. The van der Waals surface area contributed by atoms with Gasteiger partial charge in [0.25, 0.3) is 11.7 Å². The maximum absolute atomic E-state index is 12.3. The molecule has 0 saturated carbocycles. The molecule has 0 unspecified atom stereocenters. The van der Waals surface area contributed by atoms with Crippen LogP contribution < -0.4 is 4.90 Å². The minimum absolute atomic E-state index is 0.00410. The molecule has 0 radical (unpaired) electrons. The van der Waals surface area contributed by atoms with E-state index in [9.17, 15) is 22.5 Å². The van der Waals surface area contributed by atoms with E-state index in [2.05, 4.69) is 15.9 Å². The van der Waals surface area contributed by atoms with Gasteiger partial charge in [0.05, 0.1) is 11.3 Å². The number of rotatable bonds is 2. The molecule has 1 aliphatic rings. The zero-order valence-electron chi connectivity index (χ0n) is 8.29. The van der Waals surface area contributed by atoms with Crippen LogP contribution in [-0.2, 0) is 4.79 Å². The minimum Gasteiger partial charge on any atom is -0.448 e. The molecule has 0 saturated heterocycles. The number of benzene rings is 1. The normalized spacial score (nSPS) is 15.4. The number of carbonyl (C=O) groups excluding carboxylic acids is 2. The van der Waals surface area contributed by atoms with Crippen LogP contribution in [0.1, 0.15) is 10.4 Å². The molecule has 17 heavy (non-hydrogen) atoms. The molecule has 0 N–H and O–H groups in total. The van der Waals surface area contributed by atoms with Gasteiger partial charge in [0.1, 0.15) is 0 Å². The van der Waals surface area contributed by atoms with Crippen LogP contribution in [0.25, 0.3) is 0 Å². The Morgan fingerprint density at radius 1 is 1.24 bits per heavy atom. The Hall–Kier alpha value is -1.31. The standard InChI is InChI=1S/C9H5BBrF3NO2/c11-5-1-2-7-6(3-5)8(16)9(17)15(7)4-10(12,13)14/h1-3H,4H2/q-1. The Morgan fingerprint density at radius 3 is 2.47 bits per heavy atom.